The second-order valence-corrected chi connectivity index (χ2v) is 5.47. The molecule has 0 radical (unpaired) electrons. The fourth-order valence-electron chi connectivity index (χ4n) is 3.28. The Morgan fingerprint density at radius 1 is 1.29 bits per heavy atom. The lowest BCUT2D eigenvalue weighted by atomic mass is 10.0. The molecule has 0 bridgehead atoms. The highest BCUT2D eigenvalue weighted by molar-refractivity contribution is 5.46. The molecule has 3 heteroatoms. The summed E-state index contributed by atoms with van der Waals surface area (Å²) in [5, 5.41) is 9.44. The van der Waals surface area contributed by atoms with Gasteiger partial charge in [-0.25, -0.2) is 0 Å². The van der Waals surface area contributed by atoms with Crippen molar-refractivity contribution in [1.82, 2.24) is 4.98 Å². The van der Waals surface area contributed by atoms with E-state index in [0.29, 0.717) is 0 Å². The van der Waals surface area contributed by atoms with Gasteiger partial charge in [0.25, 0.3) is 0 Å². The molecule has 3 rings (SSSR count). The van der Waals surface area contributed by atoms with E-state index < -0.39 is 6.10 Å². The van der Waals surface area contributed by atoms with E-state index in [2.05, 4.69) is 16.0 Å². The van der Waals surface area contributed by atoms with Gasteiger partial charge in [0.2, 0.25) is 0 Å². The van der Waals surface area contributed by atoms with Crippen LogP contribution >= 0.6 is 0 Å². The molecule has 1 saturated heterocycles. The van der Waals surface area contributed by atoms with Crippen molar-refractivity contribution in [3.8, 4) is 0 Å². The number of hydrogen-bond donors (Lipinski definition) is 1. The topological polar surface area (TPSA) is 36.4 Å². The number of nitrogens with zero attached hydrogens (tertiary/aromatic N) is 2. The van der Waals surface area contributed by atoms with Gasteiger partial charge in [0.1, 0.15) is 0 Å². The van der Waals surface area contributed by atoms with Gasteiger partial charge in [0, 0.05) is 13.1 Å². The lowest BCUT2D eigenvalue weighted by Crippen LogP contribution is -2.20. The van der Waals surface area contributed by atoms with Crippen molar-refractivity contribution in [3.63, 3.8) is 0 Å². The van der Waals surface area contributed by atoms with Crippen LogP contribution in [-0.4, -0.2) is 23.2 Å². The SMILES string of the molecule is C[C@H](O)c1ccc(N2CC3CCCC3C2)cn1. The van der Waals surface area contributed by atoms with E-state index >= 15 is 0 Å². The third-order valence-electron chi connectivity index (χ3n) is 4.29. The van der Waals surface area contributed by atoms with Crippen molar-refractivity contribution >= 4 is 5.69 Å². The fraction of sp³-hybridized carbons (Fsp3) is 0.643. The van der Waals surface area contributed by atoms with Crippen LogP contribution in [0.25, 0.3) is 0 Å². The summed E-state index contributed by atoms with van der Waals surface area (Å²) in [7, 11) is 0. The maximum Gasteiger partial charge on any atom is 0.0931 e. The molecule has 17 heavy (non-hydrogen) atoms. The highest BCUT2D eigenvalue weighted by Gasteiger charge is 2.36. The van der Waals surface area contributed by atoms with Crippen LogP contribution in [0.15, 0.2) is 18.3 Å². The molecular weight excluding hydrogens is 212 g/mol. The fourth-order valence-corrected chi connectivity index (χ4v) is 3.28. The summed E-state index contributed by atoms with van der Waals surface area (Å²) < 4.78 is 0. The van der Waals surface area contributed by atoms with Crippen LogP contribution in [0.1, 0.15) is 38.0 Å². The van der Waals surface area contributed by atoms with E-state index in [0.717, 1.165) is 17.5 Å². The summed E-state index contributed by atoms with van der Waals surface area (Å²) in [6.07, 6.45) is 5.66. The summed E-state index contributed by atoms with van der Waals surface area (Å²) >= 11 is 0. The smallest absolute Gasteiger partial charge is 0.0931 e. The molecule has 0 amide bonds. The van der Waals surface area contributed by atoms with Gasteiger partial charge in [-0.3, -0.25) is 4.98 Å². The zero-order valence-corrected chi connectivity index (χ0v) is 10.3. The predicted octanol–water partition coefficient (Wildman–Crippen LogP) is 2.37. The van der Waals surface area contributed by atoms with E-state index in [1.807, 2.05) is 12.3 Å². The third kappa shape index (κ3) is 2.04. The highest BCUT2D eigenvalue weighted by Crippen LogP contribution is 2.39. The van der Waals surface area contributed by atoms with E-state index in [9.17, 15) is 5.11 Å². The standard InChI is InChI=1S/C14H20N2O/c1-10(17)14-6-5-13(7-15-14)16-8-11-3-2-4-12(11)9-16/h5-7,10-12,17H,2-4,8-9H2,1H3/t10-,11?,12?/m0/s1. The predicted molar refractivity (Wildman–Crippen MR) is 67.9 cm³/mol. The molecule has 3 atom stereocenters. The first-order valence-electron chi connectivity index (χ1n) is 6.63. The molecule has 0 aromatic carbocycles. The largest absolute Gasteiger partial charge is 0.387 e. The lowest BCUT2D eigenvalue weighted by Gasteiger charge is -2.19. The van der Waals surface area contributed by atoms with Crippen LogP contribution in [0.4, 0.5) is 5.69 Å². The normalized spacial score (nSPS) is 29.4. The number of aromatic nitrogens is 1. The zero-order valence-electron chi connectivity index (χ0n) is 10.3. The maximum absolute atomic E-state index is 9.44. The number of aliphatic hydroxyl groups is 1. The maximum atomic E-state index is 9.44. The molecule has 0 spiro atoms. The molecule has 1 aromatic heterocycles. The van der Waals surface area contributed by atoms with Crippen molar-refractivity contribution in [1.29, 1.82) is 0 Å². The molecule has 2 aliphatic rings. The first kappa shape index (κ1) is 11.0. The Hall–Kier alpha value is -1.09. The molecule has 2 fully saturated rings. The van der Waals surface area contributed by atoms with Gasteiger partial charge in [-0.15, -0.1) is 0 Å². The number of pyridine rings is 1. The average molecular weight is 232 g/mol. The van der Waals surface area contributed by atoms with Gasteiger partial charge in [0.15, 0.2) is 0 Å². The minimum Gasteiger partial charge on any atom is -0.387 e. The number of anilines is 1. The minimum absolute atomic E-state index is 0.470. The van der Waals surface area contributed by atoms with E-state index in [4.69, 9.17) is 0 Å². The number of fused-ring (bicyclic) bond motifs is 1. The Morgan fingerprint density at radius 2 is 2.00 bits per heavy atom. The van der Waals surface area contributed by atoms with Gasteiger partial charge in [-0.1, -0.05) is 6.42 Å². The molecule has 2 unspecified atom stereocenters. The second kappa shape index (κ2) is 4.30. The molecule has 3 nitrogen and oxygen atoms in total. The summed E-state index contributed by atoms with van der Waals surface area (Å²) in [4.78, 5) is 6.78. The molecule has 1 aliphatic carbocycles. The van der Waals surface area contributed by atoms with E-state index in [1.54, 1.807) is 6.92 Å². The van der Waals surface area contributed by atoms with Crippen LogP contribution in [0.5, 0.6) is 0 Å². The quantitative estimate of drug-likeness (QED) is 0.850. The van der Waals surface area contributed by atoms with Crippen LogP contribution in [-0.2, 0) is 0 Å². The van der Waals surface area contributed by atoms with Crippen molar-refractivity contribution in [2.45, 2.75) is 32.3 Å². The molecule has 92 valence electrons. The molecule has 1 aromatic rings. The van der Waals surface area contributed by atoms with Crippen molar-refractivity contribution in [2.24, 2.45) is 11.8 Å². The lowest BCUT2D eigenvalue weighted by molar-refractivity contribution is 0.194. The highest BCUT2D eigenvalue weighted by atomic mass is 16.3. The summed E-state index contributed by atoms with van der Waals surface area (Å²) in [5.41, 5.74) is 1.97. The Labute approximate surface area is 102 Å². The summed E-state index contributed by atoms with van der Waals surface area (Å²) in [5.74, 6) is 1.82. The Kier molecular flexibility index (Phi) is 2.79. The Bertz CT molecular complexity index is 376. The number of aliphatic hydroxyl groups excluding tert-OH is 1. The molecule has 1 saturated carbocycles. The average Bonchev–Trinajstić information content (AvgIpc) is 2.89. The monoisotopic (exact) mass is 232 g/mol. The van der Waals surface area contributed by atoms with Gasteiger partial charge < -0.3 is 10.0 Å². The van der Waals surface area contributed by atoms with E-state index in [1.165, 1.54) is 38.0 Å². The van der Waals surface area contributed by atoms with E-state index in [-0.39, 0.29) is 0 Å². The Balaban J connectivity index is 1.73. The van der Waals surface area contributed by atoms with Crippen LogP contribution in [0.3, 0.4) is 0 Å². The van der Waals surface area contributed by atoms with Crippen molar-refractivity contribution in [2.75, 3.05) is 18.0 Å². The molecular formula is C14H20N2O. The molecule has 1 aliphatic heterocycles. The zero-order chi connectivity index (χ0) is 11.8. The first-order chi connectivity index (χ1) is 8.24. The molecule has 2 heterocycles. The van der Waals surface area contributed by atoms with Crippen LogP contribution in [0, 0.1) is 11.8 Å². The van der Waals surface area contributed by atoms with Crippen LogP contribution in [0.2, 0.25) is 0 Å². The number of hydrogen-bond acceptors (Lipinski definition) is 3. The number of rotatable bonds is 2. The van der Waals surface area contributed by atoms with Gasteiger partial charge >= 0.3 is 0 Å². The van der Waals surface area contributed by atoms with Crippen LogP contribution < -0.4 is 4.90 Å². The first-order valence-corrected chi connectivity index (χ1v) is 6.63. The Morgan fingerprint density at radius 3 is 2.53 bits per heavy atom. The summed E-state index contributed by atoms with van der Waals surface area (Å²) in [6, 6.07) is 4.03. The van der Waals surface area contributed by atoms with Gasteiger partial charge in [-0.05, 0) is 43.7 Å². The van der Waals surface area contributed by atoms with Crippen molar-refractivity contribution in [3.05, 3.63) is 24.0 Å². The second-order valence-electron chi connectivity index (χ2n) is 5.47. The minimum atomic E-state index is -0.470. The molecule has 1 N–H and O–H groups in total. The van der Waals surface area contributed by atoms with Gasteiger partial charge in [0.05, 0.1) is 23.7 Å². The third-order valence-corrected chi connectivity index (χ3v) is 4.29. The van der Waals surface area contributed by atoms with Gasteiger partial charge in [-0.2, -0.15) is 0 Å². The van der Waals surface area contributed by atoms with Crippen molar-refractivity contribution < 1.29 is 5.11 Å². The summed E-state index contributed by atoms with van der Waals surface area (Å²) in [6.45, 7) is 4.14.